The quantitative estimate of drug-likeness (QED) is 0.383. The van der Waals surface area contributed by atoms with Crippen molar-refractivity contribution in [3.05, 3.63) is 65.7 Å². The molecule has 1 aliphatic carbocycles. The summed E-state index contributed by atoms with van der Waals surface area (Å²) in [7, 11) is 4.04. The van der Waals surface area contributed by atoms with Crippen LogP contribution in [0.15, 0.2) is 54.6 Å². The Hall–Kier alpha value is -2.69. The molecule has 1 amide bonds. The maximum atomic E-state index is 13.1. The van der Waals surface area contributed by atoms with Gasteiger partial charge >= 0.3 is 6.09 Å². The van der Waals surface area contributed by atoms with Gasteiger partial charge in [-0.1, -0.05) is 55.3 Å². The van der Waals surface area contributed by atoms with Gasteiger partial charge in [-0.2, -0.15) is 5.06 Å². The van der Waals surface area contributed by atoms with Crippen molar-refractivity contribution in [1.29, 1.82) is 0 Å². The number of ether oxygens (including phenoxy) is 3. The molecule has 2 aromatic rings. The molecule has 2 aliphatic heterocycles. The maximum Gasteiger partial charge on any atom is 0.407 e. The van der Waals surface area contributed by atoms with Crippen LogP contribution in [0.4, 0.5) is 10.5 Å². The molecule has 5 atom stereocenters. The molecule has 2 aromatic carbocycles. The van der Waals surface area contributed by atoms with E-state index in [1.165, 1.54) is 0 Å². The first-order chi connectivity index (χ1) is 19.4. The third-order valence-corrected chi connectivity index (χ3v) is 8.09. The molecular formula is C31H43N3O6. The number of hydrogen-bond donors (Lipinski definition) is 2. The minimum Gasteiger partial charge on any atom is -0.443 e. The highest BCUT2D eigenvalue weighted by molar-refractivity contribution is 5.68. The molecule has 0 radical (unpaired) electrons. The number of nitrogens with zero attached hydrogens (tertiary/aromatic N) is 2. The third kappa shape index (κ3) is 7.73. The van der Waals surface area contributed by atoms with Gasteiger partial charge in [0.05, 0.1) is 43.9 Å². The van der Waals surface area contributed by atoms with E-state index in [4.69, 9.17) is 19.0 Å². The zero-order valence-corrected chi connectivity index (χ0v) is 23.6. The number of nitrogens with one attached hydrogen (secondary N) is 1. The van der Waals surface area contributed by atoms with Crippen LogP contribution in [0.1, 0.15) is 43.2 Å². The van der Waals surface area contributed by atoms with Gasteiger partial charge in [0.1, 0.15) is 6.10 Å². The van der Waals surface area contributed by atoms with E-state index in [2.05, 4.69) is 28.4 Å². The van der Waals surface area contributed by atoms with E-state index in [0.29, 0.717) is 26.2 Å². The number of alkyl carbamates (subject to hydrolysis) is 1. The highest BCUT2D eigenvalue weighted by atomic mass is 16.7. The number of fused-ring (bicyclic) bond motifs is 1. The highest BCUT2D eigenvalue weighted by Gasteiger charge is 2.44. The minimum absolute atomic E-state index is 0.0523. The van der Waals surface area contributed by atoms with Crippen molar-refractivity contribution in [3.63, 3.8) is 0 Å². The van der Waals surface area contributed by atoms with Crippen LogP contribution >= 0.6 is 0 Å². The molecule has 40 heavy (non-hydrogen) atoms. The van der Waals surface area contributed by atoms with Gasteiger partial charge < -0.3 is 29.5 Å². The monoisotopic (exact) mass is 553 g/mol. The normalized spacial score (nSPS) is 24.1. The second kappa shape index (κ2) is 13.8. The SMILES string of the molecule is CN(C)c1cccc(CN(CC(O)C(Cc2ccccc2)NC(=O)OC2COC3OCCC23)OC2CCCC2)c1. The number of rotatable bonds is 12. The van der Waals surface area contributed by atoms with E-state index in [-0.39, 0.29) is 31.0 Å². The first kappa shape index (κ1) is 28.8. The van der Waals surface area contributed by atoms with Crippen LogP contribution in [0.25, 0.3) is 0 Å². The van der Waals surface area contributed by atoms with Gasteiger partial charge in [0, 0.05) is 26.3 Å². The maximum absolute atomic E-state index is 13.1. The number of amides is 1. The predicted molar refractivity (Wildman–Crippen MR) is 152 cm³/mol. The van der Waals surface area contributed by atoms with Gasteiger partial charge in [0.15, 0.2) is 6.29 Å². The zero-order chi connectivity index (χ0) is 27.9. The van der Waals surface area contributed by atoms with Gasteiger partial charge in [-0.05, 0) is 48.9 Å². The largest absolute Gasteiger partial charge is 0.443 e. The Morgan fingerprint density at radius 3 is 2.60 bits per heavy atom. The molecule has 2 saturated heterocycles. The number of benzene rings is 2. The molecule has 1 saturated carbocycles. The number of carbonyl (C=O) groups excluding carboxylic acids is 1. The van der Waals surface area contributed by atoms with Crippen molar-refractivity contribution in [2.75, 3.05) is 38.8 Å². The molecule has 2 heterocycles. The van der Waals surface area contributed by atoms with Gasteiger partial charge in [-0.25, -0.2) is 4.79 Å². The van der Waals surface area contributed by atoms with Crippen molar-refractivity contribution >= 4 is 11.8 Å². The summed E-state index contributed by atoms with van der Waals surface area (Å²) in [6.45, 7) is 1.70. The summed E-state index contributed by atoms with van der Waals surface area (Å²) in [5.74, 6) is 0.0523. The van der Waals surface area contributed by atoms with Crippen molar-refractivity contribution in [3.8, 4) is 0 Å². The molecule has 0 spiro atoms. The molecule has 3 fully saturated rings. The number of anilines is 1. The van der Waals surface area contributed by atoms with E-state index >= 15 is 0 Å². The van der Waals surface area contributed by atoms with Crippen molar-refractivity contribution < 1.29 is 28.9 Å². The van der Waals surface area contributed by atoms with Crippen LogP contribution in [0.5, 0.6) is 0 Å². The molecule has 5 unspecified atom stereocenters. The fourth-order valence-electron chi connectivity index (χ4n) is 5.84. The summed E-state index contributed by atoms with van der Waals surface area (Å²) in [5.41, 5.74) is 3.22. The summed E-state index contributed by atoms with van der Waals surface area (Å²) in [6, 6.07) is 17.6. The van der Waals surface area contributed by atoms with Crippen LogP contribution in [0, 0.1) is 5.92 Å². The Kier molecular flexibility index (Phi) is 9.93. The Morgan fingerprint density at radius 2 is 1.82 bits per heavy atom. The number of hydrogen-bond acceptors (Lipinski definition) is 8. The van der Waals surface area contributed by atoms with E-state index in [1.807, 2.05) is 55.6 Å². The minimum atomic E-state index is -0.895. The van der Waals surface area contributed by atoms with Crippen LogP contribution in [-0.4, -0.2) is 80.8 Å². The predicted octanol–water partition coefficient (Wildman–Crippen LogP) is 3.89. The van der Waals surface area contributed by atoms with Crippen LogP contribution < -0.4 is 10.2 Å². The average Bonchev–Trinajstić information content (AvgIpc) is 3.70. The van der Waals surface area contributed by atoms with Crippen molar-refractivity contribution in [2.45, 2.75) is 75.7 Å². The first-order valence-electron chi connectivity index (χ1n) is 14.5. The molecule has 0 aromatic heterocycles. The Bertz CT molecular complexity index is 1080. The van der Waals surface area contributed by atoms with Gasteiger partial charge in [-0.3, -0.25) is 4.84 Å². The van der Waals surface area contributed by atoms with Crippen molar-refractivity contribution in [2.24, 2.45) is 5.92 Å². The number of aliphatic hydroxyl groups is 1. The molecule has 2 N–H and O–H groups in total. The number of carbonyl (C=O) groups is 1. The molecule has 5 rings (SSSR count). The Morgan fingerprint density at radius 1 is 1.05 bits per heavy atom. The lowest BCUT2D eigenvalue weighted by atomic mass is 10.0. The van der Waals surface area contributed by atoms with Gasteiger partial charge in [0.2, 0.25) is 0 Å². The molecule has 218 valence electrons. The van der Waals surface area contributed by atoms with Gasteiger partial charge in [-0.15, -0.1) is 0 Å². The highest BCUT2D eigenvalue weighted by Crippen LogP contribution is 2.33. The molecule has 9 heteroatoms. The zero-order valence-electron chi connectivity index (χ0n) is 23.6. The van der Waals surface area contributed by atoms with E-state index in [0.717, 1.165) is 48.9 Å². The average molecular weight is 554 g/mol. The lowest BCUT2D eigenvalue weighted by molar-refractivity contribution is -0.214. The fourth-order valence-corrected chi connectivity index (χ4v) is 5.84. The summed E-state index contributed by atoms with van der Waals surface area (Å²) in [5, 5.41) is 16.4. The summed E-state index contributed by atoms with van der Waals surface area (Å²) in [6.07, 6.45) is 3.63. The molecule has 3 aliphatic rings. The smallest absolute Gasteiger partial charge is 0.407 e. The fraction of sp³-hybridized carbons (Fsp3) is 0.581. The Labute approximate surface area is 237 Å². The summed E-state index contributed by atoms with van der Waals surface area (Å²) in [4.78, 5) is 21.6. The van der Waals surface area contributed by atoms with E-state index in [9.17, 15) is 9.90 Å². The first-order valence-corrected chi connectivity index (χ1v) is 14.5. The topological polar surface area (TPSA) is 92.7 Å². The Balaban J connectivity index is 1.28. The lowest BCUT2D eigenvalue weighted by Crippen LogP contribution is -2.50. The number of aliphatic hydroxyl groups excluding tert-OH is 1. The molecule has 0 bridgehead atoms. The lowest BCUT2D eigenvalue weighted by Gasteiger charge is -2.31. The van der Waals surface area contributed by atoms with E-state index < -0.39 is 18.2 Å². The second-order valence-electron chi connectivity index (χ2n) is 11.4. The second-order valence-corrected chi connectivity index (χ2v) is 11.4. The van der Waals surface area contributed by atoms with Crippen LogP contribution in [-0.2, 0) is 32.0 Å². The standard InChI is InChI=1S/C31H43N3O6/c1-33(2)24-12-8-11-23(17-24)19-34(40-25-13-6-7-14-25)20-28(35)27(18-22-9-4-3-5-10-22)32-31(36)39-29-21-38-30-26(29)15-16-37-30/h3-5,8-12,17,25-30,35H,6-7,13-16,18-21H2,1-2H3,(H,32,36). The number of hydroxylamine groups is 2. The van der Waals surface area contributed by atoms with Crippen molar-refractivity contribution in [1.82, 2.24) is 10.4 Å². The summed E-state index contributed by atoms with van der Waals surface area (Å²) >= 11 is 0. The van der Waals surface area contributed by atoms with Gasteiger partial charge in [0.25, 0.3) is 0 Å². The van der Waals surface area contributed by atoms with E-state index in [1.54, 1.807) is 0 Å². The molecular weight excluding hydrogens is 510 g/mol. The molecule has 9 nitrogen and oxygen atoms in total. The summed E-state index contributed by atoms with van der Waals surface area (Å²) < 4.78 is 17.0. The van der Waals surface area contributed by atoms with Crippen LogP contribution in [0.2, 0.25) is 0 Å². The van der Waals surface area contributed by atoms with Crippen LogP contribution in [0.3, 0.4) is 0 Å². The third-order valence-electron chi connectivity index (χ3n) is 8.09.